The van der Waals surface area contributed by atoms with E-state index in [1.54, 1.807) is 6.07 Å². The molecule has 110 valence electrons. The Morgan fingerprint density at radius 1 is 0.952 bits per heavy atom. The van der Waals surface area contributed by atoms with Crippen LogP contribution in [0.1, 0.15) is 5.56 Å². The van der Waals surface area contributed by atoms with E-state index in [0.717, 1.165) is 5.69 Å². The second kappa shape index (κ2) is 5.83. The van der Waals surface area contributed by atoms with Crippen LogP contribution in [0.25, 0.3) is 5.57 Å². The molecule has 0 bridgehead atoms. The number of carbonyl (C=O) groups is 2. The second-order valence-electron chi connectivity index (χ2n) is 4.78. The molecule has 0 amide bonds. The standard InChI is InChI=1S/C16H17NO4/c1-17(2)10-5-6-11(15(7-10)20-3)12-8-14(19)16(21-4)9-13(12)18/h5-9H,1-4H3. The van der Waals surface area contributed by atoms with E-state index < -0.39 is 0 Å². The summed E-state index contributed by atoms with van der Waals surface area (Å²) in [5.74, 6) is -0.0105. The number of ether oxygens (including phenoxy) is 2. The summed E-state index contributed by atoms with van der Waals surface area (Å²) in [4.78, 5) is 25.9. The number of rotatable bonds is 4. The SMILES string of the molecule is COC1=CC(=O)C(c2ccc(N(C)C)cc2OC)=CC1=O. The van der Waals surface area contributed by atoms with Crippen molar-refractivity contribution in [1.82, 2.24) is 0 Å². The van der Waals surface area contributed by atoms with Crippen molar-refractivity contribution < 1.29 is 19.1 Å². The lowest BCUT2D eigenvalue weighted by Crippen LogP contribution is -2.14. The molecular weight excluding hydrogens is 270 g/mol. The minimum Gasteiger partial charge on any atom is -0.496 e. The molecule has 1 aromatic carbocycles. The van der Waals surface area contributed by atoms with Crippen LogP contribution in [0.2, 0.25) is 0 Å². The molecule has 1 aromatic rings. The topological polar surface area (TPSA) is 55.8 Å². The van der Waals surface area contributed by atoms with Crippen molar-refractivity contribution in [2.75, 3.05) is 33.2 Å². The molecule has 1 aliphatic rings. The Kier molecular flexibility index (Phi) is 4.12. The summed E-state index contributed by atoms with van der Waals surface area (Å²) < 4.78 is 10.2. The zero-order valence-corrected chi connectivity index (χ0v) is 12.5. The fourth-order valence-electron chi connectivity index (χ4n) is 2.09. The van der Waals surface area contributed by atoms with Gasteiger partial charge in [0.25, 0.3) is 0 Å². The number of allylic oxidation sites excluding steroid dienone is 3. The van der Waals surface area contributed by atoms with Crippen LogP contribution in [0.15, 0.2) is 36.1 Å². The minimum atomic E-state index is -0.328. The van der Waals surface area contributed by atoms with Crippen LogP contribution in [-0.4, -0.2) is 39.9 Å². The van der Waals surface area contributed by atoms with Crippen LogP contribution in [0.4, 0.5) is 5.69 Å². The van der Waals surface area contributed by atoms with Gasteiger partial charge in [0.2, 0.25) is 5.78 Å². The average Bonchev–Trinajstić information content (AvgIpc) is 2.48. The molecule has 0 heterocycles. The van der Waals surface area contributed by atoms with Crippen LogP contribution in [-0.2, 0) is 14.3 Å². The van der Waals surface area contributed by atoms with E-state index in [1.807, 2.05) is 31.1 Å². The van der Waals surface area contributed by atoms with E-state index in [9.17, 15) is 9.59 Å². The first-order valence-corrected chi connectivity index (χ1v) is 6.39. The molecule has 0 saturated heterocycles. The number of hydrogen-bond donors (Lipinski definition) is 0. The maximum Gasteiger partial charge on any atom is 0.221 e. The third kappa shape index (κ3) is 2.81. The van der Waals surface area contributed by atoms with Gasteiger partial charge in [0, 0.05) is 49.1 Å². The van der Waals surface area contributed by atoms with E-state index in [4.69, 9.17) is 9.47 Å². The normalized spacial score (nSPS) is 14.5. The third-order valence-corrected chi connectivity index (χ3v) is 3.26. The highest BCUT2D eigenvalue weighted by Crippen LogP contribution is 2.32. The van der Waals surface area contributed by atoms with Gasteiger partial charge in [-0.2, -0.15) is 0 Å². The van der Waals surface area contributed by atoms with Gasteiger partial charge in [0.05, 0.1) is 14.2 Å². The zero-order chi connectivity index (χ0) is 15.6. The monoisotopic (exact) mass is 287 g/mol. The Morgan fingerprint density at radius 3 is 2.24 bits per heavy atom. The van der Waals surface area contributed by atoms with E-state index in [-0.39, 0.29) is 17.3 Å². The molecule has 0 fully saturated rings. The smallest absolute Gasteiger partial charge is 0.221 e. The number of hydrogen-bond acceptors (Lipinski definition) is 5. The minimum absolute atomic E-state index is 0.0487. The van der Waals surface area contributed by atoms with Gasteiger partial charge < -0.3 is 14.4 Å². The predicted octanol–water partition coefficient (Wildman–Crippen LogP) is 1.83. The Morgan fingerprint density at radius 2 is 1.67 bits per heavy atom. The van der Waals surface area contributed by atoms with E-state index >= 15 is 0 Å². The molecule has 0 atom stereocenters. The first-order valence-electron chi connectivity index (χ1n) is 6.39. The number of nitrogens with zero attached hydrogens (tertiary/aromatic N) is 1. The molecule has 0 saturated carbocycles. The fourth-order valence-corrected chi connectivity index (χ4v) is 2.09. The fraction of sp³-hybridized carbons (Fsp3) is 0.250. The molecule has 0 unspecified atom stereocenters. The third-order valence-electron chi connectivity index (χ3n) is 3.26. The number of benzene rings is 1. The lowest BCUT2D eigenvalue weighted by Gasteiger charge is -2.18. The number of carbonyl (C=O) groups excluding carboxylic acids is 2. The molecule has 0 radical (unpaired) electrons. The van der Waals surface area contributed by atoms with Crippen molar-refractivity contribution >= 4 is 22.8 Å². The second-order valence-corrected chi connectivity index (χ2v) is 4.78. The van der Waals surface area contributed by atoms with Gasteiger partial charge in [0.15, 0.2) is 11.5 Å². The summed E-state index contributed by atoms with van der Waals surface area (Å²) in [6.45, 7) is 0. The maximum atomic E-state index is 12.2. The molecule has 5 nitrogen and oxygen atoms in total. The van der Waals surface area contributed by atoms with E-state index in [0.29, 0.717) is 16.9 Å². The zero-order valence-electron chi connectivity index (χ0n) is 12.5. The molecule has 21 heavy (non-hydrogen) atoms. The molecule has 0 aromatic heterocycles. The van der Waals surface area contributed by atoms with Crippen molar-refractivity contribution in [1.29, 1.82) is 0 Å². The van der Waals surface area contributed by atoms with Crippen LogP contribution < -0.4 is 9.64 Å². The average molecular weight is 287 g/mol. The van der Waals surface area contributed by atoms with Gasteiger partial charge in [-0.15, -0.1) is 0 Å². The Bertz CT molecular complexity index is 656. The molecule has 0 N–H and O–H groups in total. The molecule has 0 spiro atoms. The van der Waals surface area contributed by atoms with Crippen LogP contribution in [0, 0.1) is 0 Å². The van der Waals surface area contributed by atoms with E-state index in [2.05, 4.69) is 0 Å². The summed E-state index contributed by atoms with van der Waals surface area (Å²) in [6, 6.07) is 5.46. The van der Waals surface area contributed by atoms with E-state index in [1.165, 1.54) is 26.4 Å². The summed E-state index contributed by atoms with van der Waals surface area (Å²) in [6.07, 6.45) is 2.49. The first kappa shape index (κ1) is 14.8. The largest absolute Gasteiger partial charge is 0.496 e. The molecule has 5 heteroatoms. The Labute approximate surface area is 123 Å². The van der Waals surface area contributed by atoms with Gasteiger partial charge in [-0.1, -0.05) is 0 Å². The highest BCUT2D eigenvalue weighted by molar-refractivity contribution is 6.35. The highest BCUT2D eigenvalue weighted by Gasteiger charge is 2.24. The summed E-state index contributed by atoms with van der Waals surface area (Å²) >= 11 is 0. The molecule has 2 rings (SSSR count). The van der Waals surface area contributed by atoms with Crippen LogP contribution in [0.5, 0.6) is 5.75 Å². The number of methoxy groups -OCH3 is 2. The van der Waals surface area contributed by atoms with Crippen molar-refractivity contribution in [3.8, 4) is 5.75 Å². The Balaban J connectivity index is 2.48. The first-order chi connectivity index (χ1) is 9.97. The van der Waals surface area contributed by atoms with Crippen molar-refractivity contribution in [2.24, 2.45) is 0 Å². The lowest BCUT2D eigenvalue weighted by molar-refractivity contribution is -0.116. The van der Waals surface area contributed by atoms with Gasteiger partial charge in [-0.05, 0) is 12.1 Å². The van der Waals surface area contributed by atoms with Crippen LogP contribution >= 0.6 is 0 Å². The summed E-state index contributed by atoms with van der Waals surface area (Å²) in [7, 11) is 6.72. The van der Waals surface area contributed by atoms with Crippen LogP contribution in [0.3, 0.4) is 0 Å². The van der Waals surface area contributed by atoms with Crippen molar-refractivity contribution in [3.63, 3.8) is 0 Å². The van der Waals surface area contributed by atoms with Gasteiger partial charge in [-0.25, -0.2) is 0 Å². The number of anilines is 1. The summed E-state index contributed by atoms with van der Waals surface area (Å²) in [5.41, 5.74) is 1.84. The highest BCUT2D eigenvalue weighted by atomic mass is 16.5. The molecule has 0 aliphatic heterocycles. The summed E-state index contributed by atoms with van der Waals surface area (Å²) in [5, 5.41) is 0. The maximum absolute atomic E-state index is 12.2. The predicted molar refractivity (Wildman–Crippen MR) is 80.4 cm³/mol. The van der Waals surface area contributed by atoms with Crippen molar-refractivity contribution in [3.05, 3.63) is 41.7 Å². The Hall–Kier alpha value is -2.56. The molecular formula is C16H17NO4. The van der Waals surface area contributed by atoms with Gasteiger partial charge in [0.1, 0.15) is 5.75 Å². The molecule has 1 aliphatic carbocycles. The van der Waals surface area contributed by atoms with Crippen molar-refractivity contribution in [2.45, 2.75) is 0 Å². The van der Waals surface area contributed by atoms with Gasteiger partial charge >= 0.3 is 0 Å². The number of ketones is 2. The quantitative estimate of drug-likeness (QED) is 0.791. The lowest BCUT2D eigenvalue weighted by atomic mass is 9.94. The van der Waals surface area contributed by atoms with Gasteiger partial charge in [-0.3, -0.25) is 9.59 Å².